The molecule has 0 aliphatic rings. The van der Waals surface area contributed by atoms with E-state index in [0.717, 1.165) is 11.3 Å². The second kappa shape index (κ2) is 4.74. The molecule has 2 aromatic rings. The number of hydrogen-bond donors (Lipinski definition) is 2. The molecule has 0 saturated heterocycles. The molecule has 0 spiro atoms. The highest BCUT2D eigenvalue weighted by molar-refractivity contribution is 5.88. The summed E-state index contributed by atoms with van der Waals surface area (Å²) in [6, 6.07) is 9.27. The molecule has 0 amide bonds. The van der Waals surface area contributed by atoms with Gasteiger partial charge in [-0.1, -0.05) is 18.2 Å². The molecule has 0 aliphatic carbocycles. The zero-order valence-electron chi connectivity index (χ0n) is 9.43. The standard InChI is InChI=1S/C13H13NO3/c1-9-4-2-3-5-11(9)14-8-12-10(13(15)16)6-7-17-12/h2-7,14H,8H2,1H3,(H,15,16). The van der Waals surface area contributed by atoms with Crippen molar-refractivity contribution < 1.29 is 14.3 Å². The van der Waals surface area contributed by atoms with Gasteiger partial charge >= 0.3 is 5.97 Å². The monoisotopic (exact) mass is 231 g/mol. The van der Waals surface area contributed by atoms with Gasteiger partial charge in [-0.25, -0.2) is 4.79 Å². The van der Waals surface area contributed by atoms with Crippen molar-refractivity contribution in [3.05, 3.63) is 53.5 Å². The third-order valence-electron chi connectivity index (χ3n) is 2.56. The highest BCUT2D eigenvalue weighted by Crippen LogP contribution is 2.16. The van der Waals surface area contributed by atoms with E-state index in [0.29, 0.717) is 12.3 Å². The fourth-order valence-electron chi connectivity index (χ4n) is 1.61. The van der Waals surface area contributed by atoms with Crippen LogP contribution in [0.4, 0.5) is 5.69 Å². The molecule has 0 saturated carbocycles. The summed E-state index contributed by atoms with van der Waals surface area (Å²) in [5, 5.41) is 12.1. The predicted octanol–water partition coefficient (Wildman–Crippen LogP) is 2.90. The van der Waals surface area contributed by atoms with Crippen molar-refractivity contribution in [2.24, 2.45) is 0 Å². The van der Waals surface area contributed by atoms with E-state index in [4.69, 9.17) is 9.52 Å². The van der Waals surface area contributed by atoms with Gasteiger partial charge in [-0.2, -0.15) is 0 Å². The van der Waals surface area contributed by atoms with Crippen molar-refractivity contribution in [1.29, 1.82) is 0 Å². The average Bonchev–Trinajstić information content (AvgIpc) is 2.76. The van der Waals surface area contributed by atoms with Crippen LogP contribution in [0.15, 0.2) is 41.0 Å². The van der Waals surface area contributed by atoms with Crippen LogP contribution in [0.1, 0.15) is 21.7 Å². The summed E-state index contributed by atoms with van der Waals surface area (Å²) in [4.78, 5) is 10.9. The van der Waals surface area contributed by atoms with Crippen molar-refractivity contribution in [3.8, 4) is 0 Å². The van der Waals surface area contributed by atoms with E-state index < -0.39 is 5.97 Å². The van der Waals surface area contributed by atoms with Gasteiger partial charge in [0.25, 0.3) is 0 Å². The fraction of sp³-hybridized carbons (Fsp3) is 0.154. The number of para-hydroxylation sites is 1. The van der Waals surface area contributed by atoms with E-state index in [1.165, 1.54) is 12.3 Å². The maximum Gasteiger partial charge on any atom is 0.339 e. The molecule has 2 N–H and O–H groups in total. The lowest BCUT2D eigenvalue weighted by Crippen LogP contribution is -2.05. The third kappa shape index (κ3) is 2.47. The van der Waals surface area contributed by atoms with E-state index in [9.17, 15) is 4.79 Å². The molecule has 4 heteroatoms. The van der Waals surface area contributed by atoms with E-state index in [1.807, 2.05) is 31.2 Å². The van der Waals surface area contributed by atoms with Crippen LogP contribution in [-0.2, 0) is 6.54 Å². The molecule has 0 atom stereocenters. The quantitative estimate of drug-likeness (QED) is 0.849. The molecule has 88 valence electrons. The first-order valence-electron chi connectivity index (χ1n) is 5.27. The highest BCUT2D eigenvalue weighted by Gasteiger charge is 2.12. The first kappa shape index (κ1) is 11.3. The molecule has 1 heterocycles. The number of carboxylic acid groups (broad SMARTS) is 1. The Morgan fingerprint density at radius 3 is 2.82 bits per heavy atom. The van der Waals surface area contributed by atoms with E-state index >= 15 is 0 Å². The number of hydrogen-bond acceptors (Lipinski definition) is 3. The first-order chi connectivity index (χ1) is 8.18. The van der Waals surface area contributed by atoms with Gasteiger partial charge in [-0.3, -0.25) is 0 Å². The molecule has 0 aliphatic heterocycles. The number of aromatic carboxylic acids is 1. The Balaban J connectivity index is 2.10. The average molecular weight is 231 g/mol. The topological polar surface area (TPSA) is 62.5 Å². The van der Waals surface area contributed by atoms with Crippen LogP contribution in [0.2, 0.25) is 0 Å². The largest absolute Gasteiger partial charge is 0.478 e. The van der Waals surface area contributed by atoms with Crippen LogP contribution in [-0.4, -0.2) is 11.1 Å². The first-order valence-corrected chi connectivity index (χ1v) is 5.27. The summed E-state index contributed by atoms with van der Waals surface area (Å²) in [5.41, 5.74) is 2.28. The molecule has 4 nitrogen and oxygen atoms in total. The summed E-state index contributed by atoms with van der Waals surface area (Å²) in [5.74, 6) is -0.541. The number of furan rings is 1. The van der Waals surface area contributed by atoms with E-state index in [-0.39, 0.29) is 5.56 Å². The Morgan fingerprint density at radius 1 is 1.35 bits per heavy atom. The Bertz CT molecular complexity index is 531. The van der Waals surface area contributed by atoms with Gasteiger partial charge in [0, 0.05) is 5.69 Å². The minimum Gasteiger partial charge on any atom is -0.478 e. The van der Waals surface area contributed by atoms with E-state index in [1.54, 1.807) is 0 Å². The summed E-state index contributed by atoms with van der Waals surface area (Å²) in [7, 11) is 0. The summed E-state index contributed by atoms with van der Waals surface area (Å²) in [6.07, 6.45) is 1.39. The lowest BCUT2D eigenvalue weighted by Gasteiger charge is -2.07. The highest BCUT2D eigenvalue weighted by atomic mass is 16.4. The second-order valence-electron chi connectivity index (χ2n) is 3.73. The van der Waals surface area contributed by atoms with Crippen LogP contribution in [0, 0.1) is 6.92 Å². The van der Waals surface area contributed by atoms with Crippen molar-refractivity contribution in [2.75, 3.05) is 5.32 Å². The Morgan fingerprint density at radius 2 is 2.12 bits per heavy atom. The SMILES string of the molecule is Cc1ccccc1NCc1occc1C(=O)O. The summed E-state index contributed by atoms with van der Waals surface area (Å²) >= 11 is 0. The maximum atomic E-state index is 10.9. The lowest BCUT2D eigenvalue weighted by molar-refractivity contribution is 0.0694. The smallest absolute Gasteiger partial charge is 0.339 e. The Labute approximate surface area is 98.9 Å². The molecule has 0 fully saturated rings. The zero-order valence-corrected chi connectivity index (χ0v) is 9.43. The van der Waals surface area contributed by atoms with Gasteiger partial charge in [-0.05, 0) is 24.6 Å². The molecule has 1 aromatic carbocycles. The Kier molecular flexibility index (Phi) is 3.14. The van der Waals surface area contributed by atoms with Crippen molar-refractivity contribution in [2.45, 2.75) is 13.5 Å². The third-order valence-corrected chi connectivity index (χ3v) is 2.56. The number of anilines is 1. The van der Waals surface area contributed by atoms with Crippen molar-refractivity contribution in [3.63, 3.8) is 0 Å². The molecule has 0 radical (unpaired) electrons. The van der Waals surface area contributed by atoms with Crippen LogP contribution in [0.25, 0.3) is 0 Å². The number of rotatable bonds is 4. The van der Waals surface area contributed by atoms with Gasteiger partial charge in [0.05, 0.1) is 12.8 Å². The molecule has 2 rings (SSSR count). The van der Waals surface area contributed by atoms with Crippen LogP contribution >= 0.6 is 0 Å². The summed E-state index contributed by atoms with van der Waals surface area (Å²) < 4.78 is 5.14. The van der Waals surface area contributed by atoms with Gasteiger partial charge in [0.2, 0.25) is 0 Å². The second-order valence-corrected chi connectivity index (χ2v) is 3.73. The number of aryl methyl sites for hydroxylation is 1. The van der Waals surface area contributed by atoms with E-state index in [2.05, 4.69) is 5.32 Å². The van der Waals surface area contributed by atoms with Crippen LogP contribution in [0.3, 0.4) is 0 Å². The van der Waals surface area contributed by atoms with Crippen LogP contribution in [0.5, 0.6) is 0 Å². The number of carbonyl (C=O) groups is 1. The van der Waals surface area contributed by atoms with Gasteiger partial charge in [0.15, 0.2) is 0 Å². The molecule has 0 unspecified atom stereocenters. The van der Waals surface area contributed by atoms with Gasteiger partial charge in [0.1, 0.15) is 11.3 Å². The molecular formula is C13H13NO3. The predicted molar refractivity (Wildman–Crippen MR) is 64.2 cm³/mol. The molecule has 0 bridgehead atoms. The molecule has 1 aromatic heterocycles. The van der Waals surface area contributed by atoms with Crippen molar-refractivity contribution in [1.82, 2.24) is 0 Å². The molecule has 17 heavy (non-hydrogen) atoms. The minimum absolute atomic E-state index is 0.200. The van der Waals surface area contributed by atoms with Gasteiger partial charge in [-0.15, -0.1) is 0 Å². The summed E-state index contributed by atoms with van der Waals surface area (Å²) in [6.45, 7) is 2.35. The number of carboxylic acids is 1. The Hall–Kier alpha value is -2.23. The minimum atomic E-state index is -0.972. The normalized spacial score (nSPS) is 10.2. The van der Waals surface area contributed by atoms with Crippen molar-refractivity contribution >= 4 is 11.7 Å². The zero-order chi connectivity index (χ0) is 12.3. The van der Waals surface area contributed by atoms with Gasteiger partial charge < -0.3 is 14.8 Å². The molecular weight excluding hydrogens is 218 g/mol. The lowest BCUT2D eigenvalue weighted by atomic mass is 10.2. The maximum absolute atomic E-state index is 10.9. The fourth-order valence-corrected chi connectivity index (χ4v) is 1.61. The number of benzene rings is 1. The number of nitrogens with one attached hydrogen (secondary N) is 1. The van der Waals surface area contributed by atoms with Crippen LogP contribution < -0.4 is 5.32 Å².